The topological polar surface area (TPSA) is 87.1 Å². The highest BCUT2D eigenvalue weighted by atomic mass is 16.5. The van der Waals surface area contributed by atoms with Crippen molar-refractivity contribution in [3.63, 3.8) is 0 Å². The molecular weight excluding hydrogens is 250 g/mol. The first-order valence-electron chi connectivity index (χ1n) is 5.98. The van der Waals surface area contributed by atoms with Crippen LogP contribution >= 0.6 is 0 Å². The van der Waals surface area contributed by atoms with Gasteiger partial charge in [-0.25, -0.2) is 0 Å². The number of hydrogen-bond donors (Lipinski definition) is 2. The average molecular weight is 265 g/mol. The van der Waals surface area contributed by atoms with Gasteiger partial charge in [-0.3, -0.25) is 9.59 Å². The maximum Gasteiger partial charge on any atom is 0.306 e. The lowest BCUT2D eigenvalue weighted by atomic mass is 10.1. The molecule has 6 heteroatoms. The number of carbonyl (C=O) groups excluding carboxylic acids is 1. The van der Waals surface area contributed by atoms with E-state index in [-0.39, 0.29) is 24.6 Å². The smallest absolute Gasteiger partial charge is 0.306 e. The third-order valence-corrected chi connectivity index (χ3v) is 2.92. The van der Waals surface area contributed by atoms with Crippen molar-refractivity contribution in [2.24, 2.45) is 0 Å². The van der Waals surface area contributed by atoms with E-state index in [1.165, 1.54) is 12.1 Å². The number of morpholine rings is 1. The van der Waals surface area contributed by atoms with E-state index in [9.17, 15) is 14.7 Å². The number of carbonyl (C=O) groups is 2. The highest BCUT2D eigenvalue weighted by Crippen LogP contribution is 2.16. The van der Waals surface area contributed by atoms with Crippen LogP contribution in [0.4, 0.5) is 0 Å². The van der Waals surface area contributed by atoms with Crippen LogP contribution in [0.3, 0.4) is 0 Å². The lowest BCUT2D eigenvalue weighted by Crippen LogP contribution is -2.46. The summed E-state index contributed by atoms with van der Waals surface area (Å²) in [5.41, 5.74) is 0.385. The molecule has 6 nitrogen and oxygen atoms in total. The number of aliphatic carboxylic acids is 1. The first kappa shape index (κ1) is 13.4. The second kappa shape index (κ2) is 5.71. The minimum absolute atomic E-state index is 0.0289. The molecule has 0 spiro atoms. The van der Waals surface area contributed by atoms with E-state index in [1.807, 2.05) is 0 Å². The van der Waals surface area contributed by atoms with Crippen molar-refractivity contribution in [2.45, 2.75) is 12.5 Å². The summed E-state index contributed by atoms with van der Waals surface area (Å²) in [5.74, 6) is -1.15. The second-order valence-electron chi connectivity index (χ2n) is 4.39. The number of benzene rings is 1. The van der Waals surface area contributed by atoms with Crippen molar-refractivity contribution < 1.29 is 24.5 Å². The van der Waals surface area contributed by atoms with E-state index in [1.54, 1.807) is 17.0 Å². The van der Waals surface area contributed by atoms with Crippen LogP contribution in [-0.2, 0) is 9.53 Å². The van der Waals surface area contributed by atoms with Crippen molar-refractivity contribution in [2.75, 3.05) is 19.7 Å². The molecule has 2 N–H and O–H groups in total. The zero-order chi connectivity index (χ0) is 13.8. The monoisotopic (exact) mass is 265 g/mol. The maximum atomic E-state index is 12.2. The molecule has 1 saturated heterocycles. The Kier molecular flexibility index (Phi) is 4.01. The molecule has 1 aliphatic rings. The third kappa shape index (κ3) is 3.45. The van der Waals surface area contributed by atoms with E-state index < -0.39 is 12.1 Å². The Morgan fingerprint density at radius 2 is 2.21 bits per heavy atom. The molecule has 1 heterocycles. The van der Waals surface area contributed by atoms with Crippen molar-refractivity contribution in [3.8, 4) is 5.75 Å². The number of rotatable bonds is 3. The fourth-order valence-corrected chi connectivity index (χ4v) is 2.04. The van der Waals surface area contributed by atoms with Gasteiger partial charge in [-0.15, -0.1) is 0 Å². The Balaban J connectivity index is 2.04. The Morgan fingerprint density at radius 1 is 1.42 bits per heavy atom. The van der Waals surface area contributed by atoms with Gasteiger partial charge in [0.25, 0.3) is 5.91 Å². The number of nitrogens with zero attached hydrogens (tertiary/aromatic N) is 1. The number of carboxylic acid groups (broad SMARTS) is 1. The van der Waals surface area contributed by atoms with Gasteiger partial charge in [0, 0.05) is 18.7 Å². The number of aromatic hydroxyl groups is 1. The Bertz CT molecular complexity index is 488. The zero-order valence-corrected chi connectivity index (χ0v) is 10.3. The summed E-state index contributed by atoms with van der Waals surface area (Å²) in [4.78, 5) is 24.4. The van der Waals surface area contributed by atoms with Crippen LogP contribution in [0, 0.1) is 0 Å². The summed E-state index contributed by atoms with van der Waals surface area (Å²) in [5, 5.41) is 18.1. The number of ether oxygens (including phenoxy) is 1. The molecule has 0 saturated carbocycles. The van der Waals surface area contributed by atoms with Crippen LogP contribution in [0.15, 0.2) is 24.3 Å². The van der Waals surface area contributed by atoms with Crippen molar-refractivity contribution in [1.82, 2.24) is 4.90 Å². The largest absolute Gasteiger partial charge is 0.508 e. The van der Waals surface area contributed by atoms with Gasteiger partial charge < -0.3 is 19.8 Å². The number of amides is 1. The molecule has 2 rings (SSSR count). The quantitative estimate of drug-likeness (QED) is 0.840. The summed E-state index contributed by atoms with van der Waals surface area (Å²) >= 11 is 0. The summed E-state index contributed by atoms with van der Waals surface area (Å²) in [6.45, 7) is 0.994. The van der Waals surface area contributed by atoms with Crippen LogP contribution in [0.1, 0.15) is 16.8 Å². The summed E-state index contributed by atoms with van der Waals surface area (Å²) in [6.07, 6.45) is -0.600. The molecule has 1 amide bonds. The van der Waals surface area contributed by atoms with Crippen molar-refractivity contribution in [1.29, 1.82) is 0 Å². The Labute approximate surface area is 110 Å². The average Bonchev–Trinajstić information content (AvgIpc) is 2.37. The van der Waals surface area contributed by atoms with Crippen molar-refractivity contribution >= 4 is 11.9 Å². The van der Waals surface area contributed by atoms with E-state index in [2.05, 4.69) is 0 Å². The molecule has 19 heavy (non-hydrogen) atoms. The highest BCUT2D eigenvalue weighted by Gasteiger charge is 2.26. The van der Waals surface area contributed by atoms with E-state index >= 15 is 0 Å². The molecule has 0 radical (unpaired) electrons. The Morgan fingerprint density at radius 3 is 2.89 bits per heavy atom. The first-order chi connectivity index (χ1) is 9.06. The number of carboxylic acids is 1. The molecule has 1 aromatic rings. The molecule has 1 aliphatic heterocycles. The normalized spacial score (nSPS) is 19.2. The highest BCUT2D eigenvalue weighted by molar-refractivity contribution is 5.94. The summed E-state index contributed by atoms with van der Waals surface area (Å²) in [7, 11) is 0. The van der Waals surface area contributed by atoms with Gasteiger partial charge in [-0.1, -0.05) is 6.07 Å². The fraction of sp³-hybridized carbons (Fsp3) is 0.385. The molecule has 0 aliphatic carbocycles. The molecule has 0 aromatic heterocycles. The SMILES string of the molecule is O=C(O)CC1CN(C(=O)c2cccc(O)c2)CCO1. The number of hydrogen-bond acceptors (Lipinski definition) is 4. The first-order valence-corrected chi connectivity index (χ1v) is 5.98. The lowest BCUT2D eigenvalue weighted by Gasteiger charge is -2.32. The predicted molar refractivity (Wildman–Crippen MR) is 66.0 cm³/mol. The molecule has 0 bridgehead atoms. The summed E-state index contributed by atoms with van der Waals surface area (Å²) in [6, 6.07) is 6.09. The third-order valence-electron chi connectivity index (χ3n) is 2.92. The van der Waals surface area contributed by atoms with Gasteiger partial charge >= 0.3 is 5.97 Å². The van der Waals surface area contributed by atoms with Gasteiger partial charge in [0.2, 0.25) is 0 Å². The van der Waals surface area contributed by atoms with Gasteiger partial charge in [0.15, 0.2) is 0 Å². The standard InChI is InChI=1S/C13H15NO5/c15-10-3-1-2-9(6-10)13(18)14-4-5-19-11(8-14)7-12(16)17/h1-3,6,11,15H,4-5,7-8H2,(H,16,17). The van der Waals surface area contributed by atoms with Crippen LogP contribution in [0.5, 0.6) is 5.75 Å². The van der Waals surface area contributed by atoms with Crippen LogP contribution in [0.2, 0.25) is 0 Å². The lowest BCUT2D eigenvalue weighted by molar-refractivity contribution is -0.141. The molecule has 1 fully saturated rings. The molecular formula is C13H15NO5. The predicted octanol–water partition coefficient (Wildman–Crippen LogP) is 0.708. The van der Waals surface area contributed by atoms with E-state index in [4.69, 9.17) is 9.84 Å². The summed E-state index contributed by atoms with van der Waals surface area (Å²) < 4.78 is 5.30. The molecule has 1 unspecified atom stereocenters. The van der Waals surface area contributed by atoms with Crippen molar-refractivity contribution in [3.05, 3.63) is 29.8 Å². The molecule has 1 atom stereocenters. The number of phenolic OH excluding ortho intramolecular Hbond substituents is 1. The Hall–Kier alpha value is -2.08. The van der Waals surface area contributed by atoms with Gasteiger partial charge in [0.1, 0.15) is 5.75 Å². The van der Waals surface area contributed by atoms with Gasteiger partial charge in [0.05, 0.1) is 19.1 Å². The minimum Gasteiger partial charge on any atom is -0.508 e. The van der Waals surface area contributed by atoms with E-state index in [0.717, 1.165) is 0 Å². The van der Waals surface area contributed by atoms with Gasteiger partial charge in [-0.05, 0) is 18.2 Å². The fourth-order valence-electron chi connectivity index (χ4n) is 2.04. The van der Waals surface area contributed by atoms with Crippen LogP contribution in [-0.4, -0.2) is 52.8 Å². The zero-order valence-electron chi connectivity index (χ0n) is 10.3. The van der Waals surface area contributed by atoms with E-state index in [0.29, 0.717) is 18.7 Å². The number of phenols is 1. The second-order valence-corrected chi connectivity index (χ2v) is 4.39. The minimum atomic E-state index is -0.948. The van der Waals surface area contributed by atoms with Gasteiger partial charge in [-0.2, -0.15) is 0 Å². The van der Waals surface area contributed by atoms with Crippen LogP contribution in [0.25, 0.3) is 0 Å². The molecule has 102 valence electrons. The molecule has 1 aromatic carbocycles. The van der Waals surface area contributed by atoms with Crippen LogP contribution < -0.4 is 0 Å². The maximum absolute atomic E-state index is 12.2.